The third-order valence-electron chi connectivity index (χ3n) is 3.29. The molecule has 108 valence electrons. The summed E-state index contributed by atoms with van der Waals surface area (Å²) >= 11 is 0. The van der Waals surface area contributed by atoms with Crippen LogP contribution in [0.3, 0.4) is 0 Å². The summed E-state index contributed by atoms with van der Waals surface area (Å²) in [5.41, 5.74) is 0. The third kappa shape index (κ3) is 3.57. The molecule has 0 bridgehead atoms. The molecule has 0 N–H and O–H groups in total. The van der Waals surface area contributed by atoms with Gasteiger partial charge in [0.2, 0.25) is 10.0 Å². The fraction of sp³-hybridized carbons (Fsp3) is 0.500. The maximum atomic E-state index is 12.6. The Morgan fingerprint density at radius 3 is 2.70 bits per heavy atom. The molecule has 0 aromatic heterocycles. The van der Waals surface area contributed by atoms with E-state index in [0.717, 1.165) is 12.8 Å². The van der Waals surface area contributed by atoms with Gasteiger partial charge in [-0.3, -0.25) is 0 Å². The first kappa shape index (κ1) is 15.0. The number of ether oxygens (including phenoxy) is 1. The average molecular weight is 294 g/mol. The van der Waals surface area contributed by atoms with Gasteiger partial charge in [-0.1, -0.05) is 18.2 Å². The molecule has 1 saturated heterocycles. The van der Waals surface area contributed by atoms with Crippen LogP contribution in [0.15, 0.2) is 35.2 Å². The topological polar surface area (TPSA) is 70.4 Å². The molecule has 0 aliphatic carbocycles. The lowest BCUT2D eigenvalue weighted by molar-refractivity contribution is 0.0941. The zero-order valence-electron chi connectivity index (χ0n) is 11.2. The number of sulfonamides is 1. The van der Waals surface area contributed by atoms with Crippen LogP contribution in [0.4, 0.5) is 0 Å². The van der Waals surface area contributed by atoms with Crippen molar-refractivity contribution in [2.75, 3.05) is 19.7 Å². The molecule has 5 nitrogen and oxygen atoms in total. The van der Waals surface area contributed by atoms with Crippen molar-refractivity contribution < 1.29 is 13.2 Å². The van der Waals surface area contributed by atoms with Crippen molar-refractivity contribution in [2.24, 2.45) is 0 Å². The largest absolute Gasteiger partial charge is 0.377 e. The molecule has 0 spiro atoms. The molecule has 1 aliphatic heterocycles. The third-order valence-corrected chi connectivity index (χ3v) is 5.16. The molecule has 0 amide bonds. The number of hydrogen-bond donors (Lipinski definition) is 0. The molecule has 0 saturated carbocycles. The van der Waals surface area contributed by atoms with E-state index in [2.05, 4.69) is 0 Å². The minimum atomic E-state index is -3.56. The van der Waals surface area contributed by atoms with Crippen LogP contribution >= 0.6 is 0 Å². The zero-order valence-corrected chi connectivity index (χ0v) is 12.1. The van der Waals surface area contributed by atoms with Crippen LogP contribution in [-0.4, -0.2) is 38.5 Å². The summed E-state index contributed by atoms with van der Waals surface area (Å²) in [6, 6.07) is 10.3. The van der Waals surface area contributed by atoms with Crippen molar-refractivity contribution in [1.29, 1.82) is 5.26 Å². The highest BCUT2D eigenvalue weighted by Gasteiger charge is 2.28. The Kier molecular flexibility index (Phi) is 5.12. The van der Waals surface area contributed by atoms with Crippen LogP contribution in [0.5, 0.6) is 0 Å². The van der Waals surface area contributed by atoms with Gasteiger partial charge in [-0.25, -0.2) is 8.42 Å². The lowest BCUT2D eigenvalue weighted by atomic mass is 10.2. The molecule has 20 heavy (non-hydrogen) atoms. The summed E-state index contributed by atoms with van der Waals surface area (Å²) in [5.74, 6) is 0. The van der Waals surface area contributed by atoms with Gasteiger partial charge < -0.3 is 4.74 Å². The van der Waals surface area contributed by atoms with E-state index in [1.165, 1.54) is 4.31 Å². The Labute approximate surface area is 119 Å². The first-order valence-electron chi connectivity index (χ1n) is 6.68. The maximum absolute atomic E-state index is 12.6. The zero-order chi connectivity index (χ0) is 14.4. The highest BCUT2D eigenvalue weighted by Crippen LogP contribution is 2.20. The van der Waals surface area contributed by atoms with Crippen LogP contribution in [-0.2, 0) is 14.8 Å². The van der Waals surface area contributed by atoms with E-state index in [9.17, 15) is 8.42 Å². The van der Waals surface area contributed by atoms with E-state index in [4.69, 9.17) is 10.00 Å². The summed E-state index contributed by atoms with van der Waals surface area (Å²) in [6.07, 6.45) is 1.95. The Morgan fingerprint density at radius 1 is 1.35 bits per heavy atom. The van der Waals surface area contributed by atoms with Crippen molar-refractivity contribution in [1.82, 2.24) is 4.31 Å². The van der Waals surface area contributed by atoms with Crippen LogP contribution in [0.2, 0.25) is 0 Å². The van der Waals surface area contributed by atoms with E-state index < -0.39 is 10.0 Å². The van der Waals surface area contributed by atoms with Gasteiger partial charge in [0.1, 0.15) is 0 Å². The second-order valence-electron chi connectivity index (χ2n) is 4.72. The highest BCUT2D eigenvalue weighted by molar-refractivity contribution is 7.89. The molecule has 2 rings (SSSR count). The highest BCUT2D eigenvalue weighted by atomic mass is 32.2. The number of benzene rings is 1. The molecule has 1 unspecified atom stereocenters. The van der Waals surface area contributed by atoms with Gasteiger partial charge in [0.05, 0.1) is 17.1 Å². The smallest absolute Gasteiger partial charge is 0.243 e. The Morgan fingerprint density at radius 2 is 2.10 bits per heavy atom. The molecule has 0 radical (unpaired) electrons. The minimum absolute atomic E-state index is 0.0628. The molecule has 1 fully saturated rings. The Balaban J connectivity index is 2.18. The van der Waals surface area contributed by atoms with Crippen LogP contribution in [0.25, 0.3) is 0 Å². The van der Waals surface area contributed by atoms with Gasteiger partial charge >= 0.3 is 0 Å². The summed E-state index contributed by atoms with van der Waals surface area (Å²) in [7, 11) is -3.56. The summed E-state index contributed by atoms with van der Waals surface area (Å²) in [5, 5.41) is 8.71. The molecule has 6 heteroatoms. The van der Waals surface area contributed by atoms with Gasteiger partial charge in [0.25, 0.3) is 0 Å². The van der Waals surface area contributed by atoms with Gasteiger partial charge in [-0.05, 0) is 25.0 Å². The first-order valence-corrected chi connectivity index (χ1v) is 8.12. The first-order chi connectivity index (χ1) is 9.64. The summed E-state index contributed by atoms with van der Waals surface area (Å²) < 4.78 is 32.0. The normalized spacial score (nSPS) is 19.1. The molecule has 1 heterocycles. The number of nitrogens with zero attached hydrogens (tertiary/aromatic N) is 2. The summed E-state index contributed by atoms with van der Waals surface area (Å²) in [6.45, 7) is 1.20. The number of hydrogen-bond acceptors (Lipinski definition) is 4. The van der Waals surface area contributed by atoms with Gasteiger partial charge in [-0.15, -0.1) is 0 Å². The van der Waals surface area contributed by atoms with E-state index in [1.54, 1.807) is 30.3 Å². The van der Waals surface area contributed by atoms with Crippen molar-refractivity contribution in [3.05, 3.63) is 30.3 Å². The molecule has 1 aliphatic rings. The Bertz CT molecular complexity index is 560. The van der Waals surface area contributed by atoms with Crippen LogP contribution in [0, 0.1) is 11.3 Å². The minimum Gasteiger partial charge on any atom is -0.377 e. The molecular weight excluding hydrogens is 276 g/mol. The van der Waals surface area contributed by atoms with Crippen LogP contribution in [0.1, 0.15) is 19.3 Å². The van der Waals surface area contributed by atoms with E-state index in [1.807, 2.05) is 6.07 Å². The number of rotatable bonds is 6. The van der Waals surface area contributed by atoms with E-state index >= 15 is 0 Å². The molecule has 1 aromatic rings. The predicted octanol–water partition coefficient (Wildman–Crippen LogP) is 1.77. The van der Waals surface area contributed by atoms with Crippen molar-refractivity contribution in [2.45, 2.75) is 30.3 Å². The fourth-order valence-electron chi connectivity index (χ4n) is 2.24. The van der Waals surface area contributed by atoms with E-state index in [-0.39, 0.29) is 24.0 Å². The Hall–Kier alpha value is -1.42. The predicted molar refractivity (Wildman–Crippen MR) is 74.4 cm³/mol. The lowest BCUT2D eigenvalue weighted by Gasteiger charge is -2.24. The van der Waals surface area contributed by atoms with Crippen molar-refractivity contribution >= 4 is 10.0 Å². The van der Waals surface area contributed by atoms with Crippen LogP contribution < -0.4 is 0 Å². The van der Waals surface area contributed by atoms with Crippen molar-refractivity contribution in [3.63, 3.8) is 0 Å². The SMILES string of the molecule is N#CCCN(CC1CCCO1)S(=O)(=O)c1ccccc1. The average Bonchev–Trinajstić information content (AvgIpc) is 2.97. The van der Waals surface area contributed by atoms with Gasteiger partial charge in [0.15, 0.2) is 0 Å². The molecule has 1 aromatic carbocycles. The van der Waals surface area contributed by atoms with Gasteiger partial charge in [0, 0.05) is 26.1 Å². The lowest BCUT2D eigenvalue weighted by Crippen LogP contribution is -2.38. The summed E-state index contributed by atoms with van der Waals surface area (Å²) in [4.78, 5) is 0.260. The van der Waals surface area contributed by atoms with Gasteiger partial charge in [-0.2, -0.15) is 9.57 Å². The number of nitriles is 1. The fourth-order valence-corrected chi connectivity index (χ4v) is 3.73. The van der Waals surface area contributed by atoms with E-state index in [0.29, 0.717) is 13.2 Å². The molecular formula is C14H18N2O3S. The maximum Gasteiger partial charge on any atom is 0.243 e. The quantitative estimate of drug-likeness (QED) is 0.801. The second-order valence-corrected chi connectivity index (χ2v) is 6.66. The standard InChI is InChI=1S/C14H18N2O3S/c15-9-5-10-16(12-13-6-4-11-19-13)20(17,18)14-7-2-1-3-8-14/h1-3,7-8,13H,4-6,10-12H2. The molecule has 1 atom stereocenters. The monoisotopic (exact) mass is 294 g/mol. The second kappa shape index (κ2) is 6.84. The van der Waals surface area contributed by atoms with Crippen molar-refractivity contribution in [3.8, 4) is 6.07 Å².